The number of pyridine rings is 1. The summed E-state index contributed by atoms with van der Waals surface area (Å²) < 4.78 is 0. The van der Waals surface area contributed by atoms with Gasteiger partial charge in [-0.2, -0.15) is 0 Å². The van der Waals surface area contributed by atoms with E-state index in [0.717, 1.165) is 31.5 Å². The van der Waals surface area contributed by atoms with Crippen LogP contribution in [-0.2, 0) is 4.79 Å². The number of carboxylic acids is 1. The van der Waals surface area contributed by atoms with E-state index >= 15 is 0 Å². The number of amides is 1. The molecule has 0 saturated carbocycles. The highest BCUT2D eigenvalue weighted by Crippen LogP contribution is 2.26. The second-order valence-electron chi connectivity index (χ2n) is 5.54. The van der Waals surface area contributed by atoms with Gasteiger partial charge >= 0.3 is 5.97 Å². The zero-order valence-corrected chi connectivity index (χ0v) is 12.5. The van der Waals surface area contributed by atoms with Gasteiger partial charge in [0.2, 0.25) is 0 Å². The van der Waals surface area contributed by atoms with Crippen LogP contribution in [0.2, 0.25) is 0 Å². The molecule has 1 aliphatic rings. The van der Waals surface area contributed by atoms with Crippen LogP contribution in [0.5, 0.6) is 0 Å². The number of carboxylic acid groups (broad SMARTS) is 1. The van der Waals surface area contributed by atoms with E-state index in [-0.39, 0.29) is 18.4 Å². The standard InChI is InChI=1S/C15H21N3O3/c1-17(2)15(21)13-9-12(6-7-16-13)18-8-4-3-5-11(18)10-14(19)20/h6-7,9,11H,3-5,8,10H2,1-2H3,(H,19,20). The van der Waals surface area contributed by atoms with Crippen LogP contribution in [0.3, 0.4) is 0 Å². The van der Waals surface area contributed by atoms with Gasteiger partial charge in [-0.15, -0.1) is 0 Å². The molecule has 6 heteroatoms. The summed E-state index contributed by atoms with van der Waals surface area (Å²) in [5.41, 5.74) is 1.26. The lowest BCUT2D eigenvalue weighted by atomic mass is 9.98. The van der Waals surface area contributed by atoms with Crippen LogP contribution in [0.15, 0.2) is 18.3 Å². The summed E-state index contributed by atoms with van der Waals surface area (Å²) in [6, 6.07) is 3.58. The van der Waals surface area contributed by atoms with Crippen LogP contribution in [0.25, 0.3) is 0 Å². The molecule has 0 bridgehead atoms. The summed E-state index contributed by atoms with van der Waals surface area (Å²) in [7, 11) is 3.37. The first-order valence-electron chi connectivity index (χ1n) is 7.15. The molecule has 2 rings (SSSR count). The molecule has 1 aliphatic heterocycles. The Balaban J connectivity index is 2.24. The Morgan fingerprint density at radius 1 is 1.43 bits per heavy atom. The Labute approximate surface area is 124 Å². The molecule has 21 heavy (non-hydrogen) atoms. The fourth-order valence-corrected chi connectivity index (χ4v) is 2.70. The molecule has 114 valence electrons. The second-order valence-corrected chi connectivity index (χ2v) is 5.54. The van der Waals surface area contributed by atoms with Crippen molar-refractivity contribution in [3.05, 3.63) is 24.0 Å². The summed E-state index contributed by atoms with van der Waals surface area (Å²) in [4.78, 5) is 30.7. The molecule has 2 heterocycles. The number of carbonyl (C=O) groups is 2. The molecule has 0 spiro atoms. The third kappa shape index (κ3) is 3.71. The van der Waals surface area contributed by atoms with Crippen molar-refractivity contribution in [2.24, 2.45) is 0 Å². The first kappa shape index (κ1) is 15.3. The number of anilines is 1. The third-order valence-corrected chi connectivity index (χ3v) is 3.74. The molecular weight excluding hydrogens is 270 g/mol. The van der Waals surface area contributed by atoms with Crippen molar-refractivity contribution < 1.29 is 14.7 Å². The highest BCUT2D eigenvalue weighted by atomic mass is 16.4. The normalized spacial score (nSPS) is 18.4. The predicted octanol–water partition coefficient (Wildman–Crippen LogP) is 1.62. The van der Waals surface area contributed by atoms with Crippen molar-refractivity contribution in [2.75, 3.05) is 25.5 Å². The van der Waals surface area contributed by atoms with Gasteiger partial charge in [-0.1, -0.05) is 0 Å². The second kappa shape index (κ2) is 6.56. The van der Waals surface area contributed by atoms with Crippen LogP contribution < -0.4 is 4.90 Å². The Kier molecular flexibility index (Phi) is 4.77. The van der Waals surface area contributed by atoms with Gasteiger partial charge in [0.05, 0.1) is 6.42 Å². The van der Waals surface area contributed by atoms with Crippen LogP contribution in [0, 0.1) is 0 Å². The average molecular weight is 291 g/mol. The molecule has 1 atom stereocenters. The van der Waals surface area contributed by atoms with Gasteiger partial charge in [-0.05, 0) is 31.4 Å². The minimum absolute atomic E-state index is 0.0130. The van der Waals surface area contributed by atoms with Crippen LogP contribution >= 0.6 is 0 Å². The lowest BCUT2D eigenvalue weighted by Gasteiger charge is -2.37. The Morgan fingerprint density at radius 2 is 2.19 bits per heavy atom. The van der Waals surface area contributed by atoms with E-state index < -0.39 is 5.97 Å². The molecule has 1 aromatic heterocycles. The minimum Gasteiger partial charge on any atom is -0.481 e. The van der Waals surface area contributed by atoms with Crippen molar-refractivity contribution in [2.45, 2.75) is 31.7 Å². The average Bonchev–Trinajstić information content (AvgIpc) is 2.46. The highest BCUT2D eigenvalue weighted by molar-refractivity contribution is 5.92. The van der Waals surface area contributed by atoms with Crippen LogP contribution in [-0.4, -0.2) is 53.5 Å². The number of carbonyl (C=O) groups excluding carboxylic acids is 1. The fourth-order valence-electron chi connectivity index (χ4n) is 2.70. The van der Waals surface area contributed by atoms with E-state index in [1.807, 2.05) is 6.07 Å². The van der Waals surface area contributed by atoms with E-state index in [0.29, 0.717) is 5.69 Å². The molecule has 0 aromatic carbocycles. The quantitative estimate of drug-likeness (QED) is 0.912. The van der Waals surface area contributed by atoms with Gasteiger partial charge in [0.15, 0.2) is 0 Å². The van der Waals surface area contributed by atoms with E-state index in [2.05, 4.69) is 9.88 Å². The summed E-state index contributed by atoms with van der Waals surface area (Å²) in [6.07, 6.45) is 4.68. The van der Waals surface area contributed by atoms with Crippen LogP contribution in [0.1, 0.15) is 36.2 Å². The van der Waals surface area contributed by atoms with Gasteiger partial charge in [0.1, 0.15) is 5.69 Å². The van der Waals surface area contributed by atoms with Crippen LogP contribution in [0.4, 0.5) is 5.69 Å². The summed E-state index contributed by atoms with van der Waals surface area (Å²) in [5, 5.41) is 9.05. The fraction of sp³-hybridized carbons (Fsp3) is 0.533. The molecule has 1 N–H and O–H groups in total. The van der Waals surface area contributed by atoms with Crippen molar-refractivity contribution >= 4 is 17.6 Å². The molecule has 1 unspecified atom stereocenters. The van der Waals surface area contributed by atoms with Gasteiger partial charge < -0.3 is 14.9 Å². The largest absolute Gasteiger partial charge is 0.481 e. The van der Waals surface area contributed by atoms with E-state index in [1.165, 1.54) is 4.90 Å². The molecule has 1 amide bonds. The molecule has 1 fully saturated rings. The number of hydrogen-bond donors (Lipinski definition) is 1. The van der Waals surface area contributed by atoms with Gasteiger partial charge in [-0.3, -0.25) is 14.6 Å². The molecular formula is C15H21N3O3. The Hall–Kier alpha value is -2.11. The molecule has 0 radical (unpaired) electrons. The van der Waals surface area contributed by atoms with Gasteiger partial charge in [0.25, 0.3) is 5.91 Å². The van der Waals surface area contributed by atoms with Crippen molar-refractivity contribution in [1.82, 2.24) is 9.88 Å². The van der Waals surface area contributed by atoms with Crippen molar-refractivity contribution in [3.63, 3.8) is 0 Å². The topological polar surface area (TPSA) is 73.7 Å². The zero-order valence-electron chi connectivity index (χ0n) is 12.5. The number of aliphatic carboxylic acids is 1. The summed E-state index contributed by atoms with van der Waals surface area (Å²) >= 11 is 0. The Morgan fingerprint density at radius 3 is 2.86 bits per heavy atom. The highest BCUT2D eigenvalue weighted by Gasteiger charge is 2.25. The van der Waals surface area contributed by atoms with Gasteiger partial charge in [0, 0.05) is 38.6 Å². The monoisotopic (exact) mass is 291 g/mol. The molecule has 6 nitrogen and oxygen atoms in total. The van der Waals surface area contributed by atoms with E-state index in [9.17, 15) is 9.59 Å². The van der Waals surface area contributed by atoms with Crippen molar-refractivity contribution in [1.29, 1.82) is 0 Å². The zero-order chi connectivity index (χ0) is 15.4. The number of aromatic nitrogens is 1. The van der Waals surface area contributed by atoms with E-state index in [1.54, 1.807) is 26.4 Å². The third-order valence-electron chi connectivity index (χ3n) is 3.74. The summed E-state index contributed by atoms with van der Waals surface area (Å²) in [6.45, 7) is 0.817. The lowest BCUT2D eigenvalue weighted by Crippen LogP contribution is -2.41. The number of piperidine rings is 1. The SMILES string of the molecule is CN(C)C(=O)c1cc(N2CCCCC2CC(=O)O)ccn1. The minimum atomic E-state index is -0.787. The first-order chi connectivity index (χ1) is 9.99. The Bertz CT molecular complexity index is 531. The van der Waals surface area contributed by atoms with Gasteiger partial charge in [-0.25, -0.2) is 0 Å². The maximum atomic E-state index is 12.0. The maximum Gasteiger partial charge on any atom is 0.305 e. The number of hydrogen-bond acceptors (Lipinski definition) is 4. The number of rotatable bonds is 4. The lowest BCUT2D eigenvalue weighted by molar-refractivity contribution is -0.137. The van der Waals surface area contributed by atoms with E-state index in [4.69, 9.17) is 5.11 Å². The molecule has 0 aliphatic carbocycles. The first-order valence-corrected chi connectivity index (χ1v) is 7.15. The predicted molar refractivity (Wildman–Crippen MR) is 79.5 cm³/mol. The maximum absolute atomic E-state index is 12.0. The molecule has 1 saturated heterocycles. The smallest absolute Gasteiger partial charge is 0.305 e. The van der Waals surface area contributed by atoms with Crippen molar-refractivity contribution in [3.8, 4) is 0 Å². The summed E-state index contributed by atoms with van der Waals surface area (Å²) in [5.74, 6) is -0.936. The number of nitrogens with zero attached hydrogens (tertiary/aromatic N) is 3. The molecule has 1 aromatic rings.